The van der Waals surface area contributed by atoms with E-state index >= 15 is 0 Å². The second-order valence-electron chi connectivity index (χ2n) is 10.4. The maximum atomic E-state index is 13.7. The molecule has 214 valence electrons. The number of carbonyl (C=O) groups is 1. The van der Waals surface area contributed by atoms with E-state index in [1.54, 1.807) is 36.4 Å². The van der Waals surface area contributed by atoms with Gasteiger partial charge in [0.05, 0.1) is 22.9 Å². The Morgan fingerprint density at radius 1 is 0.881 bits per heavy atom. The maximum absolute atomic E-state index is 13.7. The number of nitrogens with zero attached hydrogens (tertiary/aromatic N) is 2. The number of carbonyl (C=O) groups excluding carboxylic acids is 1. The van der Waals surface area contributed by atoms with E-state index in [0.29, 0.717) is 28.8 Å². The minimum absolute atomic E-state index is 0.0392. The van der Waals surface area contributed by atoms with Crippen LogP contribution in [-0.2, 0) is 39.0 Å². The predicted molar refractivity (Wildman–Crippen MR) is 163 cm³/mol. The summed E-state index contributed by atoms with van der Waals surface area (Å²) in [6.07, 6.45) is 2.40. The summed E-state index contributed by atoms with van der Waals surface area (Å²) in [5.41, 5.74) is 4.55. The lowest BCUT2D eigenvalue weighted by Crippen LogP contribution is -2.36. The van der Waals surface area contributed by atoms with Gasteiger partial charge in [-0.3, -0.25) is 4.79 Å². The van der Waals surface area contributed by atoms with Crippen molar-refractivity contribution < 1.29 is 22.7 Å². The first-order valence-corrected chi connectivity index (χ1v) is 15.5. The average molecular weight is 581 g/mol. The molecule has 0 unspecified atom stereocenters. The molecule has 1 atom stereocenters. The SMILES string of the molecule is CCN1c2ccccc2C[C@@H]1COc1ccc(S(=O)(=O)n2cc(CC(=O)OCc3ccccc3)c3ccccc32)cc1. The molecular weight excluding hydrogens is 548 g/mol. The number of ether oxygens (including phenoxy) is 2. The van der Waals surface area contributed by atoms with Crippen molar-refractivity contribution >= 4 is 32.6 Å². The highest BCUT2D eigenvalue weighted by Gasteiger charge is 2.28. The summed E-state index contributed by atoms with van der Waals surface area (Å²) in [7, 11) is -3.93. The molecule has 8 heteroatoms. The Morgan fingerprint density at radius 3 is 2.38 bits per heavy atom. The fourth-order valence-corrected chi connectivity index (χ4v) is 7.01. The lowest BCUT2D eigenvalue weighted by molar-refractivity contribution is -0.144. The molecule has 0 saturated carbocycles. The highest BCUT2D eigenvalue weighted by Crippen LogP contribution is 2.32. The number of hydrogen-bond donors (Lipinski definition) is 0. The van der Waals surface area contributed by atoms with Crippen molar-refractivity contribution in [2.45, 2.75) is 37.3 Å². The zero-order valence-corrected chi connectivity index (χ0v) is 24.2. The van der Waals surface area contributed by atoms with Gasteiger partial charge in [-0.25, -0.2) is 12.4 Å². The molecule has 4 aromatic carbocycles. The van der Waals surface area contributed by atoms with Gasteiger partial charge in [0, 0.05) is 23.8 Å². The van der Waals surface area contributed by atoms with Crippen LogP contribution in [0.5, 0.6) is 5.75 Å². The molecule has 42 heavy (non-hydrogen) atoms. The number of hydrogen-bond acceptors (Lipinski definition) is 6. The lowest BCUT2D eigenvalue weighted by atomic mass is 10.1. The molecule has 0 radical (unpaired) electrons. The molecule has 6 rings (SSSR count). The third-order valence-corrected chi connectivity index (χ3v) is 9.39. The largest absolute Gasteiger partial charge is 0.491 e. The third kappa shape index (κ3) is 5.50. The molecule has 7 nitrogen and oxygen atoms in total. The number of likely N-dealkylation sites (N-methyl/N-ethyl adjacent to an activating group) is 1. The van der Waals surface area contributed by atoms with E-state index < -0.39 is 16.0 Å². The third-order valence-electron chi connectivity index (χ3n) is 7.70. The van der Waals surface area contributed by atoms with Crippen molar-refractivity contribution in [3.05, 3.63) is 126 Å². The Hall–Kier alpha value is -4.56. The molecule has 0 fully saturated rings. The highest BCUT2D eigenvalue weighted by molar-refractivity contribution is 7.90. The number of benzene rings is 4. The first-order chi connectivity index (χ1) is 20.4. The van der Waals surface area contributed by atoms with Crippen LogP contribution in [0.3, 0.4) is 0 Å². The smallest absolute Gasteiger partial charge is 0.310 e. The van der Waals surface area contributed by atoms with Crippen LogP contribution in [0.1, 0.15) is 23.6 Å². The van der Waals surface area contributed by atoms with E-state index in [2.05, 4.69) is 36.1 Å². The van der Waals surface area contributed by atoms with Gasteiger partial charge in [0.15, 0.2) is 0 Å². The summed E-state index contributed by atoms with van der Waals surface area (Å²) in [6, 6.07) is 31.7. The Morgan fingerprint density at radius 2 is 1.60 bits per heavy atom. The summed E-state index contributed by atoms with van der Waals surface area (Å²) in [5, 5.41) is 0.690. The molecule has 0 aliphatic carbocycles. The first-order valence-electron chi connectivity index (χ1n) is 14.1. The van der Waals surface area contributed by atoms with E-state index in [-0.39, 0.29) is 24.0 Å². The van der Waals surface area contributed by atoms with Gasteiger partial charge in [0.25, 0.3) is 10.0 Å². The van der Waals surface area contributed by atoms with Gasteiger partial charge in [-0.2, -0.15) is 0 Å². The molecule has 1 aliphatic rings. The Labute approximate surface area is 246 Å². The lowest BCUT2D eigenvalue weighted by Gasteiger charge is -2.26. The summed E-state index contributed by atoms with van der Waals surface area (Å²) in [6.45, 7) is 3.69. The van der Waals surface area contributed by atoms with Gasteiger partial charge in [-0.05, 0) is 66.4 Å². The van der Waals surface area contributed by atoms with Crippen molar-refractivity contribution in [1.29, 1.82) is 0 Å². The maximum Gasteiger partial charge on any atom is 0.310 e. The van der Waals surface area contributed by atoms with Crippen LogP contribution in [0.2, 0.25) is 0 Å². The number of aromatic nitrogens is 1. The number of anilines is 1. The summed E-state index contributed by atoms with van der Waals surface area (Å²) in [5.74, 6) is 0.188. The van der Waals surface area contributed by atoms with Gasteiger partial charge in [0.2, 0.25) is 0 Å². The van der Waals surface area contributed by atoms with Crippen LogP contribution in [0, 0.1) is 0 Å². The number of rotatable bonds is 10. The Bertz CT molecular complexity index is 1810. The zero-order chi connectivity index (χ0) is 29.1. The normalized spacial score (nSPS) is 14.6. The van der Waals surface area contributed by atoms with Crippen LogP contribution < -0.4 is 9.64 Å². The predicted octanol–water partition coefficient (Wildman–Crippen LogP) is 5.99. The van der Waals surface area contributed by atoms with Crippen LogP contribution >= 0.6 is 0 Å². The molecule has 0 saturated heterocycles. The monoisotopic (exact) mass is 580 g/mol. The zero-order valence-electron chi connectivity index (χ0n) is 23.3. The summed E-state index contributed by atoms with van der Waals surface area (Å²) >= 11 is 0. The standard InChI is InChI=1S/C34H32N2O5S/c1-2-35-28(20-26-12-6-8-14-32(26)35)24-40-29-16-18-30(19-17-29)42(38,39)36-22-27(31-13-7-9-15-33(31)36)21-34(37)41-23-25-10-4-3-5-11-25/h3-19,22,28H,2,20-21,23-24H2,1H3/t28-/m1/s1. The van der Waals surface area contributed by atoms with E-state index in [1.165, 1.54) is 21.4 Å². The summed E-state index contributed by atoms with van der Waals surface area (Å²) in [4.78, 5) is 15.1. The first kappa shape index (κ1) is 27.6. The van der Waals surface area contributed by atoms with Gasteiger partial charge in [-0.15, -0.1) is 0 Å². The van der Waals surface area contributed by atoms with Crippen LogP contribution in [0.15, 0.2) is 114 Å². The van der Waals surface area contributed by atoms with E-state index in [1.807, 2.05) is 42.5 Å². The van der Waals surface area contributed by atoms with E-state index in [9.17, 15) is 13.2 Å². The molecule has 5 aromatic rings. The van der Waals surface area contributed by atoms with Crippen molar-refractivity contribution in [3.63, 3.8) is 0 Å². The minimum atomic E-state index is -3.93. The second kappa shape index (κ2) is 11.7. The fraction of sp³-hybridized carbons (Fsp3) is 0.206. The van der Waals surface area contributed by atoms with Crippen LogP contribution in [0.25, 0.3) is 10.9 Å². The van der Waals surface area contributed by atoms with Gasteiger partial charge in [-0.1, -0.05) is 66.7 Å². The van der Waals surface area contributed by atoms with Gasteiger partial charge < -0.3 is 14.4 Å². The second-order valence-corrected chi connectivity index (χ2v) is 12.2. The molecule has 2 heterocycles. The molecule has 1 aromatic heterocycles. The Balaban J connectivity index is 1.16. The topological polar surface area (TPSA) is 77.8 Å². The van der Waals surface area contributed by atoms with Crippen molar-refractivity contribution in [3.8, 4) is 5.75 Å². The number of fused-ring (bicyclic) bond motifs is 2. The Kier molecular flexibility index (Phi) is 7.71. The van der Waals surface area contributed by atoms with Crippen LogP contribution in [-0.4, -0.2) is 37.6 Å². The van der Waals surface area contributed by atoms with E-state index in [0.717, 1.165) is 18.5 Å². The van der Waals surface area contributed by atoms with Crippen molar-refractivity contribution in [2.75, 3.05) is 18.1 Å². The van der Waals surface area contributed by atoms with Crippen molar-refractivity contribution in [1.82, 2.24) is 3.97 Å². The van der Waals surface area contributed by atoms with Crippen LogP contribution in [0.4, 0.5) is 5.69 Å². The molecule has 0 spiro atoms. The minimum Gasteiger partial charge on any atom is -0.491 e. The molecule has 1 aliphatic heterocycles. The van der Waals surface area contributed by atoms with E-state index in [4.69, 9.17) is 9.47 Å². The van der Waals surface area contributed by atoms with Gasteiger partial charge in [0.1, 0.15) is 19.0 Å². The quantitative estimate of drug-likeness (QED) is 0.189. The summed E-state index contributed by atoms with van der Waals surface area (Å²) < 4.78 is 40.3. The molecule has 0 N–H and O–H groups in total. The molecule has 0 amide bonds. The highest BCUT2D eigenvalue weighted by atomic mass is 32.2. The van der Waals surface area contributed by atoms with Crippen molar-refractivity contribution in [2.24, 2.45) is 0 Å². The fourth-order valence-electron chi connectivity index (χ4n) is 5.62. The molecular formula is C34H32N2O5S. The molecule has 0 bridgehead atoms. The average Bonchev–Trinajstić information content (AvgIpc) is 3.58. The number of para-hydroxylation sites is 2. The number of esters is 1. The van der Waals surface area contributed by atoms with Gasteiger partial charge >= 0.3 is 5.97 Å².